The Labute approximate surface area is 114 Å². The molecule has 1 aromatic heterocycles. The van der Waals surface area contributed by atoms with Gasteiger partial charge in [-0.2, -0.15) is 5.10 Å². The number of nitrogens with zero attached hydrogens (tertiary/aromatic N) is 3. The molecule has 1 atom stereocenters. The van der Waals surface area contributed by atoms with Crippen LogP contribution in [0.2, 0.25) is 0 Å². The van der Waals surface area contributed by atoms with Crippen molar-refractivity contribution in [3.05, 3.63) is 47.8 Å². The van der Waals surface area contributed by atoms with Crippen molar-refractivity contribution in [2.45, 2.75) is 19.5 Å². The van der Waals surface area contributed by atoms with Crippen molar-refractivity contribution in [3.63, 3.8) is 0 Å². The van der Waals surface area contributed by atoms with E-state index >= 15 is 0 Å². The fourth-order valence-corrected chi connectivity index (χ4v) is 2.72. The average Bonchev–Trinajstić information content (AvgIpc) is 2.74. The fourth-order valence-electron chi connectivity index (χ4n) is 2.72. The van der Waals surface area contributed by atoms with Crippen molar-refractivity contribution >= 4 is 5.69 Å². The molecule has 0 saturated heterocycles. The molecule has 0 bridgehead atoms. The molecule has 0 fully saturated rings. The van der Waals surface area contributed by atoms with E-state index in [0.29, 0.717) is 6.04 Å². The van der Waals surface area contributed by atoms with Gasteiger partial charge >= 0.3 is 0 Å². The van der Waals surface area contributed by atoms with Gasteiger partial charge in [0, 0.05) is 44.1 Å². The van der Waals surface area contributed by atoms with E-state index in [1.165, 1.54) is 16.8 Å². The second kappa shape index (κ2) is 5.05. The highest BCUT2D eigenvalue weighted by molar-refractivity contribution is 5.55. The van der Waals surface area contributed by atoms with Gasteiger partial charge in [0.05, 0.1) is 12.2 Å². The lowest BCUT2D eigenvalue weighted by molar-refractivity contribution is 0.638. The third kappa shape index (κ3) is 2.36. The molecule has 1 aromatic carbocycles. The van der Waals surface area contributed by atoms with Crippen LogP contribution in [0.1, 0.15) is 24.1 Å². The van der Waals surface area contributed by atoms with Crippen LogP contribution in [-0.2, 0) is 13.6 Å². The minimum absolute atomic E-state index is 0.342. The molecule has 0 radical (unpaired) electrons. The van der Waals surface area contributed by atoms with Crippen LogP contribution in [0.25, 0.3) is 0 Å². The summed E-state index contributed by atoms with van der Waals surface area (Å²) in [6.45, 7) is 5.23. The highest BCUT2D eigenvalue weighted by atomic mass is 15.3. The standard InChI is InChI=1S/C15H20N4/c1-12(14-10-17-18(2)11-14)19-8-7-16-9-13-5-3-4-6-15(13)19/h3-6,10-12,16H,7-9H2,1-2H3. The van der Waals surface area contributed by atoms with Crippen molar-refractivity contribution < 1.29 is 0 Å². The van der Waals surface area contributed by atoms with Crippen LogP contribution in [0.4, 0.5) is 5.69 Å². The lowest BCUT2D eigenvalue weighted by Gasteiger charge is -2.30. The number of aryl methyl sites for hydroxylation is 1. The summed E-state index contributed by atoms with van der Waals surface area (Å²) in [5.41, 5.74) is 3.97. The number of anilines is 1. The van der Waals surface area contributed by atoms with E-state index in [0.717, 1.165) is 19.6 Å². The van der Waals surface area contributed by atoms with Gasteiger partial charge in [0.25, 0.3) is 0 Å². The first-order chi connectivity index (χ1) is 9.25. The van der Waals surface area contributed by atoms with Gasteiger partial charge in [0.15, 0.2) is 0 Å². The van der Waals surface area contributed by atoms with E-state index < -0.39 is 0 Å². The van der Waals surface area contributed by atoms with Gasteiger partial charge in [0.2, 0.25) is 0 Å². The van der Waals surface area contributed by atoms with E-state index in [2.05, 4.69) is 52.7 Å². The zero-order chi connectivity index (χ0) is 13.2. The Morgan fingerprint density at radius 1 is 1.32 bits per heavy atom. The quantitative estimate of drug-likeness (QED) is 0.893. The topological polar surface area (TPSA) is 33.1 Å². The van der Waals surface area contributed by atoms with Gasteiger partial charge in [-0.1, -0.05) is 18.2 Å². The molecular formula is C15H20N4. The van der Waals surface area contributed by atoms with Gasteiger partial charge in [-0.05, 0) is 18.6 Å². The zero-order valence-corrected chi connectivity index (χ0v) is 11.5. The molecule has 4 nitrogen and oxygen atoms in total. The van der Waals surface area contributed by atoms with Crippen LogP contribution in [0, 0.1) is 0 Å². The number of hydrogen-bond acceptors (Lipinski definition) is 3. The number of hydrogen-bond donors (Lipinski definition) is 1. The lowest BCUT2D eigenvalue weighted by Crippen LogP contribution is -2.31. The third-order valence-corrected chi connectivity index (χ3v) is 3.82. The van der Waals surface area contributed by atoms with Gasteiger partial charge < -0.3 is 10.2 Å². The molecular weight excluding hydrogens is 236 g/mol. The smallest absolute Gasteiger partial charge is 0.0545 e. The first-order valence-corrected chi connectivity index (χ1v) is 6.79. The second-order valence-electron chi connectivity index (χ2n) is 5.12. The molecule has 0 amide bonds. The summed E-state index contributed by atoms with van der Waals surface area (Å²) in [6.07, 6.45) is 4.07. The van der Waals surface area contributed by atoms with Gasteiger partial charge in [-0.15, -0.1) is 0 Å². The van der Waals surface area contributed by atoms with Crippen LogP contribution in [0.3, 0.4) is 0 Å². The summed E-state index contributed by atoms with van der Waals surface area (Å²) in [7, 11) is 1.97. The molecule has 2 heterocycles. The average molecular weight is 256 g/mol. The molecule has 0 spiro atoms. The number of benzene rings is 1. The van der Waals surface area contributed by atoms with Crippen molar-refractivity contribution in [2.24, 2.45) is 7.05 Å². The number of rotatable bonds is 2. The molecule has 3 rings (SSSR count). The Balaban J connectivity index is 1.95. The maximum atomic E-state index is 4.29. The monoisotopic (exact) mass is 256 g/mol. The van der Waals surface area contributed by atoms with Crippen molar-refractivity contribution in [1.29, 1.82) is 0 Å². The fraction of sp³-hybridized carbons (Fsp3) is 0.400. The molecule has 19 heavy (non-hydrogen) atoms. The van der Waals surface area contributed by atoms with E-state index in [4.69, 9.17) is 0 Å². The maximum Gasteiger partial charge on any atom is 0.0545 e. The number of para-hydroxylation sites is 1. The summed E-state index contributed by atoms with van der Waals surface area (Å²) in [6, 6.07) is 8.99. The Bertz CT molecular complexity index is 561. The summed E-state index contributed by atoms with van der Waals surface area (Å²) in [4.78, 5) is 2.46. The Morgan fingerprint density at radius 3 is 2.95 bits per heavy atom. The first-order valence-electron chi connectivity index (χ1n) is 6.79. The minimum Gasteiger partial charge on any atom is -0.363 e. The van der Waals surface area contributed by atoms with E-state index in [9.17, 15) is 0 Å². The largest absolute Gasteiger partial charge is 0.363 e. The summed E-state index contributed by atoms with van der Waals surface area (Å²) < 4.78 is 1.87. The Kier molecular flexibility index (Phi) is 3.25. The molecule has 100 valence electrons. The maximum absolute atomic E-state index is 4.29. The molecule has 1 aliphatic rings. The van der Waals surface area contributed by atoms with E-state index in [1.807, 2.05) is 17.9 Å². The molecule has 1 unspecified atom stereocenters. The Hall–Kier alpha value is -1.81. The SMILES string of the molecule is CC(c1cnn(C)c1)N1CCNCc2ccccc21. The van der Waals surface area contributed by atoms with Crippen LogP contribution < -0.4 is 10.2 Å². The molecule has 0 saturated carbocycles. The van der Waals surface area contributed by atoms with Crippen LogP contribution >= 0.6 is 0 Å². The normalized spacial score (nSPS) is 16.8. The van der Waals surface area contributed by atoms with Crippen molar-refractivity contribution in [1.82, 2.24) is 15.1 Å². The number of aromatic nitrogens is 2. The Morgan fingerprint density at radius 2 is 2.16 bits per heavy atom. The summed E-state index contributed by atoms with van der Waals surface area (Å²) in [5, 5.41) is 7.77. The van der Waals surface area contributed by atoms with Crippen molar-refractivity contribution in [3.8, 4) is 0 Å². The molecule has 1 N–H and O–H groups in total. The van der Waals surface area contributed by atoms with Gasteiger partial charge in [-0.3, -0.25) is 4.68 Å². The lowest BCUT2D eigenvalue weighted by atomic mass is 10.1. The number of nitrogens with one attached hydrogen (secondary N) is 1. The van der Waals surface area contributed by atoms with Gasteiger partial charge in [-0.25, -0.2) is 0 Å². The predicted molar refractivity (Wildman–Crippen MR) is 77.1 cm³/mol. The summed E-state index contributed by atoms with van der Waals surface area (Å²) in [5.74, 6) is 0. The third-order valence-electron chi connectivity index (χ3n) is 3.82. The van der Waals surface area contributed by atoms with E-state index in [-0.39, 0.29) is 0 Å². The summed E-state index contributed by atoms with van der Waals surface area (Å²) >= 11 is 0. The van der Waals surface area contributed by atoms with Crippen LogP contribution in [-0.4, -0.2) is 22.9 Å². The molecule has 2 aromatic rings. The predicted octanol–water partition coefficient (Wildman–Crippen LogP) is 2.09. The highest BCUT2D eigenvalue weighted by Crippen LogP contribution is 2.30. The first kappa shape index (κ1) is 12.2. The van der Waals surface area contributed by atoms with Crippen molar-refractivity contribution in [2.75, 3.05) is 18.0 Å². The minimum atomic E-state index is 0.342. The zero-order valence-electron chi connectivity index (χ0n) is 11.5. The molecule has 0 aliphatic carbocycles. The van der Waals surface area contributed by atoms with E-state index in [1.54, 1.807) is 0 Å². The second-order valence-corrected chi connectivity index (χ2v) is 5.12. The number of fused-ring (bicyclic) bond motifs is 1. The van der Waals surface area contributed by atoms with Crippen LogP contribution in [0.5, 0.6) is 0 Å². The molecule has 1 aliphatic heterocycles. The van der Waals surface area contributed by atoms with Gasteiger partial charge in [0.1, 0.15) is 0 Å². The molecule has 4 heteroatoms. The van der Waals surface area contributed by atoms with Crippen LogP contribution in [0.15, 0.2) is 36.7 Å². The highest BCUT2D eigenvalue weighted by Gasteiger charge is 2.21.